The van der Waals surface area contributed by atoms with E-state index in [1.165, 1.54) is 0 Å². The molecule has 0 amide bonds. The fourth-order valence-corrected chi connectivity index (χ4v) is 2.44. The molecule has 3 aromatic heterocycles. The number of halogens is 2. The zero-order valence-corrected chi connectivity index (χ0v) is 14.4. The number of pyridine rings is 2. The largest absolute Gasteiger partial charge is 0.384 e. The molecule has 0 aliphatic heterocycles. The highest BCUT2D eigenvalue weighted by Crippen LogP contribution is 2.27. The predicted molar refractivity (Wildman–Crippen MR) is 91.0 cm³/mol. The van der Waals surface area contributed by atoms with Crippen LogP contribution in [-0.2, 0) is 6.54 Å². The van der Waals surface area contributed by atoms with E-state index in [0.29, 0.717) is 29.1 Å². The number of rotatable bonds is 4. The smallest absolute Gasteiger partial charge is 0.246 e. The minimum Gasteiger partial charge on any atom is -0.384 e. The maximum Gasteiger partial charge on any atom is 0.246 e. The van der Waals surface area contributed by atoms with Crippen molar-refractivity contribution in [1.82, 2.24) is 20.1 Å². The molecule has 0 spiro atoms. The molecule has 3 aromatic rings. The fourth-order valence-electron chi connectivity index (χ4n) is 1.93. The molecule has 118 valence electrons. The van der Waals surface area contributed by atoms with Crippen molar-refractivity contribution in [3.8, 4) is 11.4 Å². The Labute approximate surface area is 145 Å². The summed E-state index contributed by atoms with van der Waals surface area (Å²) in [6.07, 6.45) is 3.19. The van der Waals surface area contributed by atoms with E-state index in [2.05, 4.69) is 36.0 Å². The molecule has 0 saturated heterocycles. The van der Waals surface area contributed by atoms with E-state index >= 15 is 0 Å². The summed E-state index contributed by atoms with van der Waals surface area (Å²) in [4.78, 5) is 14.5. The molecular formula is C14H12BrClN6O. The van der Waals surface area contributed by atoms with E-state index in [1.54, 1.807) is 24.5 Å². The Morgan fingerprint density at radius 3 is 2.87 bits per heavy atom. The molecule has 0 radical (unpaired) electrons. The number of nitrogens with zero attached hydrogens (tertiary/aromatic N) is 5. The SMILES string of the molecule is CN(Cc1nc(-c2cc(N)ncc2Br)no1)c1ccc(Cl)cn1. The number of nitrogens with two attached hydrogens (primary N) is 1. The van der Waals surface area contributed by atoms with Gasteiger partial charge in [0.25, 0.3) is 0 Å². The molecule has 23 heavy (non-hydrogen) atoms. The second kappa shape index (κ2) is 6.51. The summed E-state index contributed by atoms with van der Waals surface area (Å²) < 4.78 is 6.03. The van der Waals surface area contributed by atoms with Gasteiger partial charge in [-0.2, -0.15) is 4.98 Å². The predicted octanol–water partition coefficient (Wildman–Crippen LogP) is 3.16. The molecule has 0 saturated carbocycles. The van der Waals surface area contributed by atoms with Crippen LogP contribution in [0.3, 0.4) is 0 Å². The summed E-state index contributed by atoms with van der Waals surface area (Å²) in [5.41, 5.74) is 6.42. The zero-order valence-electron chi connectivity index (χ0n) is 12.1. The molecule has 0 atom stereocenters. The van der Waals surface area contributed by atoms with Crippen molar-refractivity contribution in [3.05, 3.63) is 46.0 Å². The first-order chi connectivity index (χ1) is 11.0. The highest BCUT2D eigenvalue weighted by atomic mass is 79.9. The number of aromatic nitrogens is 4. The van der Waals surface area contributed by atoms with Crippen LogP contribution >= 0.6 is 27.5 Å². The third-order valence-corrected chi connectivity index (χ3v) is 3.92. The minimum atomic E-state index is 0.386. The highest BCUT2D eigenvalue weighted by Gasteiger charge is 2.14. The lowest BCUT2D eigenvalue weighted by molar-refractivity contribution is 0.378. The van der Waals surface area contributed by atoms with Crippen molar-refractivity contribution in [1.29, 1.82) is 0 Å². The first kappa shape index (κ1) is 15.7. The van der Waals surface area contributed by atoms with Crippen LogP contribution in [0.4, 0.5) is 11.6 Å². The Morgan fingerprint density at radius 2 is 2.13 bits per heavy atom. The van der Waals surface area contributed by atoms with E-state index in [-0.39, 0.29) is 0 Å². The quantitative estimate of drug-likeness (QED) is 0.725. The molecule has 7 nitrogen and oxygen atoms in total. The first-order valence-electron chi connectivity index (χ1n) is 6.59. The Bertz CT molecular complexity index is 822. The van der Waals surface area contributed by atoms with Crippen LogP contribution in [0.1, 0.15) is 5.89 Å². The van der Waals surface area contributed by atoms with Gasteiger partial charge in [0.1, 0.15) is 11.6 Å². The minimum absolute atomic E-state index is 0.386. The molecule has 0 bridgehead atoms. The number of hydrogen-bond donors (Lipinski definition) is 1. The lowest BCUT2D eigenvalue weighted by Crippen LogP contribution is -2.17. The monoisotopic (exact) mass is 394 g/mol. The average molecular weight is 396 g/mol. The van der Waals surface area contributed by atoms with E-state index in [9.17, 15) is 0 Å². The summed E-state index contributed by atoms with van der Waals surface area (Å²) in [6, 6.07) is 5.28. The summed E-state index contributed by atoms with van der Waals surface area (Å²) >= 11 is 9.23. The maximum atomic E-state index is 5.83. The van der Waals surface area contributed by atoms with Gasteiger partial charge in [0, 0.05) is 29.5 Å². The molecule has 0 aromatic carbocycles. The molecule has 3 rings (SSSR count). The lowest BCUT2D eigenvalue weighted by atomic mass is 10.2. The van der Waals surface area contributed by atoms with Gasteiger partial charge >= 0.3 is 0 Å². The van der Waals surface area contributed by atoms with E-state index in [0.717, 1.165) is 15.9 Å². The summed E-state index contributed by atoms with van der Waals surface area (Å²) in [6.45, 7) is 0.416. The topological polar surface area (TPSA) is 94.0 Å². The molecule has 0 unspecified atom stereocenters. The number of nitrogen functional groups attached to an aromatic ring is 1. The number of anilines is 2. The molecule has 9 heteroatoms. The molecule has 0 fully saturated rings. The van der Waals surface area contributed by atoms with E-state index in [1.807, 2.05) is 18.0 Å². The van der Waals surface area contributed by atoms with Crippen molar-refractivity contribution in [2.45, 2.75) is 6.54 Å². The van der Waals surface area contributed by atoms with E-state index < -0.39 is 0 Å². The van der Waals surface area contributed by atoms with Crippen LogP contribution in [0, 0.1) is 0 Å². The Balaban J connectivity index is 1.79. The molecular weight excluding hydrogens is 384 g/mol. The van der Waals surface area contributed by atoms with Gasteiger partial charge in [-0.15, -0.1) is 0 Å². The zero-order chi connectivity index (χ0) is 16.4. The molecule has 0 aliphatic carbocycles. The Kier molecular flexibility index (Phi) is 4.44. The fraction of sp³-hybridized carbons (Fsp3) is 0.143. The second-order valence-electron chi connectivity index (χ2n) is 4.79. The van der Waals surface area contributed by atoms with E-state index in [4.69, 9.17) is 21.9 Å². The number of hydrogen-bond acceptors (Lipinski definition) is 7. The average Bonchev–Trinajstić information content (AvgIpc) is 2.98. The van der Waals surface area contributed by atoms with Gasteiger partial charge in [-0.05, 0) is 34.1 Å². The lowest BCUT2D eigenvalue weighted by Gasteiger charge is -2.15. The van der Waals surface area contributed by atoms with Crippen LogP contribution in [0.25, 0.3) is 11.4 Å². The first-order valence-corrected chi connectivity index (χ1v) is 7.76. The van der Waals surface area contributed by atoms with Crippen molar-refractivity contribution in [2.24, 2.45) is 0 Å². The summed E-state index contributed by atoms with van der Waals surface area (Å²) in [7, 11) is 1.88. The van der Waals surface area contributed by atoms with Crippen LogP contribution in [0.15, 0.2) is 39.6 Å². The molecule has 3 heterocycles. The van der Waals surface area contributed by atoms with Crippen molar-refractivity contribution in [2.75, 3.05) is 17.7 Å². The van der Waals surface area contributed by atoms with Crippen LogP contribution in [0.5, 0.6) is 0 Å². The third-order valence-electron chi connectivity index (χ3n) is 3.06. The summed E-state index contributed by atoms with van der Waals surface area (Å²) in [5.74, 6) is 2.04. The van der Waals surface area contributed by atoms with Gasteiger partial charge in [-0.1, -0.05) is 16.8 Å². The van der Waals surface area contributed by atoms with Crippen molar-refractivity contribution >= 4 is 39.2 Å². The summed E-state index contributed by atoms with van der Waals surface area (Å²) in [5, 5.41) is 4.57. The van der Waals surface area contributed by atoms with Gasteiger partial charge in [0.2, 0.25) is 11.7 Å². The second-order valence-corrected chi connectivity index (χ2v) is 6.08. The van der Waals surface area contributed by atoms with Gasteiger partial charge < -0.3 is 15.2 Å². The van der Waals surface area contributed by atoms with Crippen LogP contribution < -0.4 is 10.6 Å². The van der Waals surface area contributed by atoms with Crippen LogP contribution in [-0.4, -0.2) is 27.2 Å². The molecule has 0 aliphatic rings. The Morgan fingerprint density at radius 1 is 1.30 bits per heavy atom. The third kappa shape index (κ3) is 3.59. The van der Waals surface area contributed by atoms with Gasteiger partial charge in [0.15, 0.2) is 0 Å². The highest BCUT2D eigenvalue weighted by molar-refractivity contribution is 9.10. The van der Waals surface area contributed by atoms with Crippen LogP contribution in [0.2, 0.25) is 5.02 Å². The molecule has 2 N–H and O–H groups in total. The van der Waals surface area contributed by atoms with Gasteiger partial charge in [0.05, 0.1) is 11.6 Å². The van der Waals surface area contributed by atoms with Crippen molar-refractivity contribution < 1.29 is 4.52 Å². The normalized spacial score (nSPS) is 10.7. The maximum absolute atomic E-state index is 5.83. The Hall–Kier alpha value is -2.19. The van der Waals surface area contributed by atoms with Gasteiger partial charge in [-0.25, -0.2) is 9.97 Å². The standard InChI is InChI=1S/C14H12BrClN6O/c1-22(12-3-2-8(16)5-19-12)7-13-20-14(21-23-13)9-4-11(17)18-6-10(9)15/h2-6H,7H2,1H3,(H2,17,18). The van der Waals surface area contributed by atoms with Crippen molar-refractivity contribution in [3.63, 3.8) is 0 Å². The van der Waals surface area contributed by atoms with Gasteiger partial charge in [-0.3, -0.25) is 0 Å².